The first-order valence-electron chi connectivity index (χ1n) is 15.5. The van der Waals surface area contributed by atoms with Crippen molar-refractivity contribution in [2.75, 3.05) is 0 Å². The number of fused-ring (bicyclic) bond motifs is 14. The Morgan fingerprint density at radius 1 is 0.578 bits per heavy atom. The van der Waals surface area contributed by atoms with E-state index in [1.165, 1.54) is 80.7 Å². The highest BCUT2D eigenvalue weighted by molar-refractivity contribution is 7.26. The van der Waals surface area contributed by atoms with Gasteiger partial charge in [0.15, 0.2) is 5.65 Å². The lowest BCUT2D eigenvalue weighted by atomic mass is 9.82. The average Bonchev–Trinajstić information content (AvgIpc) is 3.77. The predicted octanol–water partition coefficient (Wildman–Crippen LogP) is 11.1. The van der Waals surface area contributed by atoms with Crippen LogP contribution in [0.3, 0.4) is 0 Å². The van der Waals surface area contributed by atoms with Crippen LogP contribution in [0.5, 0.6) is 0 Å². The molecule has 45 heavy (non-hydrogen) atoms. The Labute approximate surface area is 262 Å². The maximum absolute atomic E-state index is 5.21. The van der Waals surface area contributed by atoms with Gasteiger partial charge in [0.1, 0.15) is 5.52 Å². The molecular formula is C41H25N3S. The zero-order chi connectivity index (χ0) is 29.6. The summed E-state index contributed by atoms with van der Waals surface area (Å²) in [6, 6.07) is 42.3. The average molecular weight is 592 g/mol. The maximum atomic E-state index is 5.21. The predicted molar refractivity (Wildman–Crippen MR) is 190 cm³/mol. The summed E-state index contributed by atoms with van der Waals surface area (Å²) in [5.41, 5.74) is 14.1. The van der Waals surface area contributed by atoms with Gasteiger partial charge in [-0.1, -0.05) is 86.6 Å². The minimum Gasteiger partial charge on any atom is -0.291 e. The Morgan fingerprint density at radius 3 is 2.22 bits per heavy atom. The first-order chi connectivity index (χ1) is 22.1. The van der Waals surface area contributed by atoms with Gasteiger partial charge in [-0.25, -0.2) is 9.97 Å². The standard InChI is InChI=1S/C41H25N3S/c1-41(2)29-11-5-3-9-24(29)26-19-22(15-17-30(26)41)23-16-18-33-27(20-23)37-36-25-10-4-8-14-34(25)45-35(36)21-28-38-40(44(33)39(28)37)43-32-13-7-6-12-31(32)42-38/h3-21H,1-2H3. The van der Waals surface area contributed by atoms with Crippen LogP contribution in [-0.2, 0) is 5.41 Å². The second-order valence-electron chi connectivity index (χ2n) is 13.0. The van der Waals surface area contributed by atoms with Gasteiger partial charge in [0.05, 0.1) is 22.1 Å². The van der Waals surface area contributed by atoms with E-state index < -0.39 is 0 Å². The Bertz CT molecular complexity index is 2910. The van der Waals surface area contributed by atoms with Crippen molar-refractivity contribution in [2.24, 2.45) is 0 Å². The maximum Gasteiger partial charge on any atom is 0.165 e. The zero-order valence-corrected chi connectivity index (χ0v) is 25.5. The normalized spacial score (nSPS) is 14.2. The van der Waals surface area contributed by atoms with Crippen LogP contribution in [0.1, 0.15) is 25.0 Å². The molecule has 0 spiro atoms. The summed E-state index contributed by atoms with van der Waals surface area (Å²) >= 11 is 1.87. The minimum absolute atomic E-state index is 0.000549. The molecule has 10 aromatic rings. The molecule has 0 atom stereocenters. The van der Waals surface area contributed by atoms with Crippen molar-refractivity contribution in [1.29, 1.82) is 0 Å². The van der Waals surface area contributed by atoms with Crippen molar-refractivity contribution in [3.63, 3.8) is 0 Å². The van der Waals surface area contributed by atoms with E-state index >= 15 is 0 Å². The topological polar surface area (TPSA) is 30.2 Å². The van der Waals surface area contributed by atoms with Gasteiger partial charge >= 0.3 is 0 Å². The van der Waals surface area contributed by atoms with Crippen LogP contribution in [0.4, 0.5) is 0 Å². The summed E-state index contributed by atoms with van der Waals surface area (Å²) in [5, 5.41) is 6.38. The van der Waals surface area contributed by atoms with E-state index in [1.807, 2.05) is 23.5 Å². The summed E-state index contributed by atoms with van der Waals surface area (Å²) in [7, 11) is 0. The van der Waals surface area contributed by atoms with Crippen LogP contribution in [-0.4, -0.2) is 14.4 Å². The molecule has 0 aliphatic heterocycles. The van der Waals surface area contributed by atoms with E-state index in [0.717, 1.165) is 22.2 Å². The molecule has 4 aromatic heterocycles. The van der Waals surface area contributed by atoms with Crippen LogP contribution in [0, 0.1) is 0 Å². The van der Waals surface area contributed by atoms with Gasteiger partial charge in [0.25, 0.3) is 0 Å². The number of nitrogens with zero attached hydrogens (tertiary/aromatic N) is 3. The van der Waals surface area contributed by atoms with Gasteiger partial charge in [-0.15, -0.1) is 11.3 Å². The van der Waals surface area contributed by atoms with E-state index in [1.54, 1.807) is 0 Å². The number of aromatic nitrogens is 3. The molecule has 0 amide bonds. The SMILES string of the molecule is CC1(C)c2ccccc2-c2cc(-c3ccc4c(c3)c3c5c(cc6c7nc8ccccc8nc7n4c63)sc3ccccc35)ccc21. The monoisotopic (exact) mass is 591 g/mol. The number of hydrogen-bond acceptors (Lipinski definition) is 3. The van der Waals surface area contributed by atoms with Crippen LogP contribution in [0.25, 0.3) is 91.8 Å². The van der Waals surface area contributed by atoms with Crippen molar-refractivity contribution in [3.8, 4) is 22.3 Å². The molecule has 11 rings (SSSR count). The third-order valence-corrected chi connectivity index (χ3v) is 11.4. The fourth-order valence-corrected chi connectivity index (χ4v) is 9.38. The van der Waals surface area contributed by atoms with Crippen molar-refractivity contribution in [1.82, 2.24) is 14.4 Å². The molecule has 0 bridgehead atoms. The number of benzene rings is 6. The summed E-state index contributed by atoms with van der Waals surface area (Å²) < 4.78 is 4.97. The molecule has 0 unspecified atom stereocenters. The molecule has 4 heterocycles. The lowest BCUT2D eigenvalue weighted by Crippen LogP contribution is -2.14. The van der Waals surface area contributed by atoms with Crippen LogP contribution < -0.4 is 0 Å². The van der Waals surface area contributed by atoms with Gasteiger partial charge in [0.2, 0.25) is 0 Å². The van der Waals surface area contributed by atoms with Crippen molar-refractivity contribution in [2.45, 2.75) is 19.3 Å². The largest absolute Gasteiger partial charge is 0.291 e. The number of rotatable bonds is 1. The lowest BCUT2D eigenvalue weighted by Gasteiger charge is -2.21. The minimum atomic E-state index is -0.000549. The highest BCUT2D eigenvalue weighted by Gasteiger charge is 2.35. The Balaban J connectivity index is 1.27. The summed E-state index contributed by atoms with van der Waals surface area (Å²) in [6.07, 6.45) is 0. The molecule has 0 radical (unpaired) electrons. The second-order valence-corrected chi connectivity index (χ2v) is 14.1. The quantitative estimate of drug-likeness (QED) is 0.190. The molecular weight excluding hydrogens is 567 g/mol. The van der Waals surface area contributed by atoms with Gasteiger partial charge in [-0.05, 0) is 75.8 Å². The van der Waals surface area contributed by atoms with Gasteiger partial charge < -0.3 is 0 Å². The van der Waals surface area contributed by atoms with Gasteiger partial charge in [-0.3, -0.25) is 4.40 Å². The Kier molecular flexibility index (Phi) is 4.29. The van der Waals surface area contributed by atoms with Crippen LogP contribution >= 0.6 is 11.3 Å². The number of thiophene rings is 1. The third-order valence-electron chi connectivity index (χ3n) is 10.3. The van der Waals surface area contributed by atoms with E-state index in [9.17, 15) is 0 Å². The highest BCUT2D eigenvalue weighted by Crippen LogP contribution is 2.51. The van der Waals surface area contributed by atoms with E-state index in [2.05, 4.69) is 121 Å². The lowest BCUT2D eigenvalue weighted by molar-refractivity contribution is 0.660. The Morgan fingerprint density at radius 2 is 1.31 bits per heavy atom. The smallest absolute Gasteiger partial charge is 0.165 e. The van der Waals surface area contributed by atoms with Gasteiger partial charge in [-0.2, -0.15) is 0 Å². The molecule has 0 saturated heterocycles. The van der Waals surface area contributed by atoms with E-state index in [0.29, 0.717) is 0 Å². The fraction of sp³-hybridized carbons (Fsp3) is 0.0732. The molecule has 0 N–H and O–H groups in total. The molecule has 1 aliphatic carbocycles. The molecule has 4 heteroatoms. The van der Waals surface area contributed by atoms with E-state index in [-0.39, 0.29) is 5.41 Å². The van der Waals surface area contributed by atoms with Crippen molar-refractivity contribution in [3.05, 3.63) is 126 Å². The first-order valence-corrected chi connectivity index (χ1v) is 16.3. The molecule has 1 aliphatic rings. The Hall–Kier alpha value is -5.32. The number of para-hydroxylation sites is 2. The zero-order valence-electron chi connectivity index (χ0n) is 24.7. The number of hydrogen-bond donors (Lipinski definition) is 0. The molecule has 3 nitrogen and oxygen atoms in total. The van der Waals surface area contributed by atoms with E-state index in [4.69, 9.17) is 9.97 Å². The van der Waals surface area contributed by atoms with Crippen LogP contribution in [0.2, 0.25) is 0 Å². The van der Waals surface area contributed by atoms with Crippen molar-refractivity contribution < 1.29 is 0 Å². The molecule has 0 saturated carbocycles. The van der Waals surface area contributed by atoms with Gasteiger partial charge in [0, 0.05) is 41.7 Å². The molecule has 6 aromatic carbocycles. The second kappa shape index (κ2) is 8.03. The fourth-order valence-electron chi connectivity index (χ4n) is 8.23. The summed E-state index contributed by atoms with van der Waals surface area (Å²) in [4.78, 5) is 10.4. The summed E-state index contributed by atoms with van der Waals surface area (Å²) in [6.45, 7) is 4.68. The first kappa shape index (κ1) is 24.1. The molecule has 210 valence electrons. The van der Waals surface area contributed by atoms with Crippen molar-refractivity contribution >= 4 is 80.9 Å². The third kappa shape index (κ3) is 2.91. The van der Waals surface area contributed by atoms with Crippen LogP contribution in [0.15, 0.2) is 115 Å². The summed E-state index contributed by atoms with van der Waals surface area (Å²) in [5.74, 6) is 0. The molecule has 0 fully saturated rings. The highest BCUT2D eigenvalue weighted by atomic mass is 32.1.